The van der Waals surface area contributed by atoms with E-state index in [1.807, 2.05) is 36.4 Å². The van der Waals surface area contributed by atoms with Gasteiger partial charge in [-0.2, -0.15) is 0 Å². The van der Waals surface area contributed by atoms with Gasteiger partial charge in [-0.05, 0) is 6.92 Å². The summed E-state index contributed by atoms with van der Waals surface area (Å²) in [6.07, 6.45) is 1.87. The number of hydrogen-bond donors (Lipinski definition) is 0. The van der Waals surface area contributed by atoms with Gasteiger partial charge in [0.25, 0.3) is 0 Å². The molecule has 28 heavy (non-hydrogen) atoms. The fraction of sp³-hybridized carbons (Fsp3) is 0.136. The zero-order valence-corrected chi connectivity index (χ0v) is 17.2. The summed E-state index contributed by atoms with van der Waals surface area (Å²) in [6.45, 7) is 6.64. The van der Waals surface area contributed by atoms with Crippen molar-refractivity contribution in [3.05, 3.63) is 83.9 Å². The number of thiazole rings is 1. The van der Waals surface area contributed by atoms with E-state index in [1.165, 1.54) is 5.56 Å². The van der Waals surface area contributed by atoms with Crippen molar-refractivity contribution in [2.24, 2.45) is 0 Å². The van der Waals surface area contributed by atoms with Gasteiger partial charge in [0, 0.05) is 28.8 Å². The Balaban J connectivity index is 1.52. The summed E-state index contributed by atoms with van der Waals surface area (Å²) in [5, 5.41) is 12.9. The number of nitrogens with zero attached hydrogens (tertiary/aromatic N) is 4. The summed E-state index contributed by atoms with van der Waals surface area (Å²) in [7, 11) is 0. The van der Waals surface area contributed by atoms with Gasteiger partial charge in [-0.25, -0.2) is 4.98 Å². The average molecular weight is 405 g/mol. The lowest BCUT2D eigenvalue weighted by Gasteiger charge is -2.07. The van der Waals surface area contributed by atoms with Crippen LogP contribution in [-0.2, 0) is 12.3 Å². The molecule has 140 valence electrons. The van der Waals surface area contributed by atoms with E-state index in [9.17, 15) is 0 Å². The second-order valence-corrected chi connectivity index (χ2v) is 8.17. The maximum atomic E-state index is 4.79. The molecule has 4 rings (SSSR count). The monoisotopic (exact) mass is 404 g/mol. The van der Waals surface area contributed by atoms with Crippen LogP contribution in [0.2, 0.25) is 0 Å². The number of allylic oxidation sites excluding steroid dienone is 1. The molecule has 0 amide bonds. The van der Waals surface area contributed by atoms with E-state index in [1.54, 1.807) is 23.1 Å². The van der Waals surface area contributed by atoms with Crippen LogP contribution in [0, 0.1) is 6.92 Å². The molecule has 4 nitrogen and oxygen atoms in total. The predicted octanol–water partition coefficient (Wildman–Crippen LogP) is 5.86. The summed E-state index contributed by atoms with van der Waals surface area (Å²) in [6, 6.07) is 18.6. The Kier molecular flexibility index (Phi) is 5.69. The lowest BCUT2D eigenvalue weighted by Crippen LogP contribution is -2.00. The van der Waals surface area contributed by atoms with E-state index >= 15 is 0 Å². The highest BCUT2D eigenvalue weighted by molar-refractivity contribution is 7.98. The van der Waals surface area contributed by atoms with E-state index in [-0.39, 0.29) is 0 Å². The summed E-state index contributed by atoms with van der Waals surface area (Å²) >= 11 is 3.33. The third kappa shape index (κ3) is 4.08. The fourth-order valence-corrected chi connectivity index (χ4v) is 4.60. The lowest BCUT2D eigenvalue weighted by molar-refractivity contribution is 0.731. The maximum Gasteiger partial charge on any atom is 0.192 e. The van der Waals surface area contributed by atoms with Crippen LogP contribution in [0.1, 0.15) is 11.3 Å². The van der Waals surface area contributed by atoms with Gasteiger partial charge in [-0.1, -0.05) is 78.0 Å². The first kappa shape index (κ1) is 18.7. The molecule has 0 N–H and O–H groups in total. The standard InChI is InChI=1S/C22H20N4S2/c1-3-13-26-20(17-7-5-4-6-8-17)24-25-22(26)28-15-19-14-27-21(23-19)18-11-9-16(2)10-12-18/h3-12,14H,1,13,15H2,2H3. The molecule has 0 aliphatic heterocycles. The Morgan fingerprint density at radius 1 is 1.04 bits per heavy atom. The molecular formula is C22H20N4S2. The normalized spacial score (nSPS) is 10.9. The molecule has 2 aromatic carbocycles. The number of rotatable bonds is 7. The quantitative estimate of drug-likeness (QED) is 0.286. The van der Waals surface area contributed by atoms with Crippen LogP contribution >= 0.6 is 23.1 Å². The van der Waals surface area contributed by atoms with Crippen molar-refractivity contribution >= 4 is 23.1 Å². The smallest absolute Gasteiger partial charge is 0.192 e. The van der Waals surface area contributed by atoms with Gasteiger partial charge in [-0.3, -0.25) is 4.57 Å². The van der Waals surface area contributed by atoms with Crippen molar-refractivity contribution < 1.29 is 0 Å². The Morgan fingerprint density at radius 3 is 2.57 bits per heavy atom. The fourth-order valence-electron chi connectivity index (χ4n) is 2.83. The molecular weight excluding hydrogens is 384 g/mol. The zero-order chi connectivity index (χ0) is 19.3. The van der Waals surface area contributed by atoms with E-state index in [0.29, 0.717) is 6.54 Å². The third-order valence-electron chi connectivity index (χ3n) is 4.26. The molecule has 6 heteroatoms. The molecule has 4 aromatic rings. The van der Waals surface area contributed by atoms with Crippen LogP contribution < -0.4 is 0 Å². The molecule has 0 radical (unpaired) electrons. The molecule has 0 aliphatic rings. The molecule has 0 spiro atoms. The second-order valence-electron chi connectivity index (χ2n) is 6.37. The minimum atomic E-state index is 0.672. The first-order chi connectivity index (χ1) is 13.7. The van der Waals surface area contributed by atoms with Gasteiger partial charge in [0.2, 0.25) is 0 Å². The van der Waals surface area contributed by atoms with Crippen molar-refractivity contribution in [1.82, 2.24) is 19.7 Å². The Bertz CT molecular complexity index is 1070. The van der Waals surface area contributed by atoms with Gasteiger partial charge >= 0.3 is 0 Å². The van der Waals surface area contributed by atoms with Crippen LogP contribution in [-0.4, -0.2) is 19.7 Å². The first-order valence-electron chi connectivity index (χ1n) is 8.98. The minimum absolute atomic E-state index is 0.672. The highest BCUT2D eigenvalue weighted by atomic mass is 32.2. The minimum Gasteiger partial charge on any atom is -0.298 e. The van der Waals surface area contributed by atoms with Crippen LogP contribution in [0.15, 0.2) is 77.8 Å². The molecule has 2 aromatic heterocycles. The van der Waals surface area contributed by atoms with Crippen molar-refractivity contribution in [2.75, 3.05) is 0 Å². The summed E-state index contributed by atoms with van der Waals surface area (Å²) < 4.78 is 2.10. The third-order valence-corrected chi connectivity index (χ3v) is 6.20. The largest absolute Gasteiger partial charge is 0.298 e. The predicted molar refractivity (Wildman–Crippen MR) is 118 cm³/mol. The highest BCUT2D eigenvalue weighted by Crippen LogP contribution is 2.29. The molecule has 0 bridgehead atoms. The summed E-state index contributed by atoms with van der Waals surface area (Å²) in [5.41, 5.74) is 4.53. The number of thioether (sulfide) groups is 1. The Labute approximate surface area is 173 Å². The van der Waals surface area contributed by atoms with Crippen molar-refractivity contribution in [3.8, 4) is 22.0 Å². The molecule has 0 unspecified atom stereocenters. The Hall–Kier alpha value is -2.70. The van der Waals surface area contributed by atoms with E-state index in [4.69, 9.17) is 4.98 Å². The van der Waals surface area contributed by atoms with Gasteiger partial charge in [0.1, 0.15) is 5.01 Å². The van der Waals surface area contributed by atoms with Crippen LogP contribution in [0.3, 0.4) is 0 Å². The van der Waals surface area contributed by atoms with Crippen molar-refractivity contribution in [3.63, 3.8) is 0 Å². The first-order valence-corrected chi connectivity index (χ1v) is 10.8. The van der Waals surface area contributed by atoms with Crippen LogP contribution in [0.4, 0.5) is 0 Å². The van der Waals surface area contributed by atoms with Crippen LogP contribution in [0.25, 0.3) is 22.0 Å². The maximum absolute atomic E-state index is 4.79. The molecule has 0 saturated heterocycles. The van der Waals surface area contributed by atoms with Crippen molar-refractivity contribution in [2.45, 2.75) is 24.4 Å². The van der Waals surface area contributed by atoms with Gasteiger partial charge in [-0.15, -0.1) is 28.1 Å². The SMILES string of the molecule is C=CCn1c(SCc2csc(-c3ccc(C)cc3)n2)nnc1-c1ccccc1. The molecule has 0 fully saturated rings. The second kappa shape index (κ2) is 8.54. The van der Waals surface area contributed by atoms with Gasteiger partial charge < -0.3 is 0 Å². The molecule has 0 saturated carbocycles. The highest BCUT2D eigenvalue weighted by Gasteiger charge is 2.14. The van der Waals surface area contributed by atoms with Gasteiger partial charge in [0.05, 0.1) is 5.69 Å². The molecule has 0 aliphatic carbocycles. The average Bonchev–Trinajstić information content (AvgIpc) is 3.35. The summed E-state index contributed by atoms with van der Waals surface area (Å²) in [5.74, 6) is 1.62. The van der Waals surface area contributed by atoms with Gasteiger partial charge in [0.15, 0.2) is 11.0 Å². The number of aromatic nitrogens is 4. The number of aryl methyl sites for hydroxylation is 1. The van der Waals surface area contributed by atoms with Crippen molar-refractivity contribution in [1.29, 1.82) is 0 Å². The molecule has 2 heterocycles. The zero-order valence-electron chi connectivity index (χ0n) is 15.6. The molecule has 0 atom stereocenters. The van der Waals surface area contributed by atoms with E-state index in [2.05, 4.69) is 57.9 Å². The Morgan fingerprint density at radius 2 is 1.82 bits per heavy atom. The number of benzene rings is 2. The topological polar surface area (TPSA) is 43.6 Å². The van der Waals surface area contributed by atoms with E-state index < -0.39 is 0 Å². The lowest BCUT2D eigenvalue weighted by atomic mass is 10.2. The summed E-state index contributed by atoms with van der Waals surface area (Å²) in [4.78, 5) is 4.79. The van der Waals surface area contributed by atoms with Crippen LogP contribution in [0.5, 0.6) is 0 Å². The van der Waals surface area contributed by atoms with E-state index in [0.717, 1.165) is 38.6 Å². The number of hydrogen-bond acceptors (Lipinski definition) is 5.